The van der Waals surface area contributed by atoms with Crippen LogP contribution in [0.15, 0.2) is 30.3 Å². The molecule has 0 radical (unpaired) electrons. The van der Waals surface area contributed by atoms with Crippen LogP contribution in [-0.4, -0.2) is 63.1 Å². The number of nitrogens with one attached hydrogen (secondary N) is 5. The van der Waals surface area contributed by atoms with Gasteiger partial charge in [0.1, 0.15) is 12.1 Å². The minimum Gasteiger partial charge on any atom is -0.453 e. The summed E-state index contributed by atoms with van der Waals surface area (Å²) in [6.45, 7) is 11.3. The Hall–Kier alpha value is -3.34. The molecule has 38 heavy (non-hydrogen) atoms. The molecule has 0 saturated heterocycles. The third kappa shape index (κ3) is 11.8. The van der Waals surface area contributed by atoms with Crippen molar-refractivity contribution in [1.82, 2.24) is 26.6 Å². The quantitative estimate of drug-likeness (QED) is 0.204. The van der Waals surface area contributed by atoms with Crippen LogP contribution in [0, 0.1) is 10.8 Å². The number of carbonyl (C=O) groups is 4. The molecule has 4 amide bonds. The Bertz CT molecular complexity index is 861. The van der Waals surface area contributed by atoms with Crippen molar-refractivity contribution in [1.29, 1.82) is 0 Å². The molecular formula is C27H45N5O6. The fraction of sp³-hybridized carbons (Fsp3) is 0.630. The van der Waals surface area contributed by atoms with Crippen molar-refractivity contribution >= 4 is 24.0 Å². The lowest BCUT2D eigenvalue weighted by Crippen LogP contribution is -2.65. The molecule has 1 aromatic rings. The summed E-state index contributed by atoms with van der Waals surface area (Å²) >= 11 is 0. The summed E-state index contributed by atoms with van der Waals surface area (Å²) in [5.74, 6) is -1.03. The van der Waals surface area contributed by atoms with Crippen molar-refractivity contribution < 1.29 is 28.7 Å². The highest BCUT2D eigenvalue weighted by atomic mass is 16.5. The second-order valence-electron chi connectivity index (χ2n) is 11.2. The highest BCUT2D eigenvalue weighted by molar-refractivity contribution is 5.89. The number of methoxy groups -OCH3 is 2. The highest BCUT2D eigenvalue weighted by Crippen LogP contribution is 2.21. The van der Waals surface area contributed by atoms with Gasteiger partial charge in [-0.05, 0) is 42.2 Å². The van der Waals surface area contributed by atoms with E-state index in [4.69, 9.17) is 0 Å². The molecule has 0 heterocycles. The van der Waals surface area contributed by atoms with Crippen LogP contribution in [0.1, 0.15) is 59.9 Å². The number of benzene rings is 1. The van der Waals surface area contributed by atoms with Crippen LogP contribution < -0.4 is 26.6 Å². The van der Waals surface area contributed by atoms with Gasteiger partial charge >= 0.3 is 12.2 Å². The molecule has 0 aliphatic rings. The molecular weight excluding hydrogens is 490 g/mol. The second kappa shape index (κ2) is 15.2. The maximum atomic E-state index is 13.2. The van der Waals surface area contributed by atoms with E-state index in [1.165, 1.54) is 19.8 Å². The molecule has 0 spiro atoms. The van der Waals surface area contributed by atoms with Crippen LogP contribution in [0.5, 0.6) is 0 Å². The van der Waals surface area contributed by atoms with E-state index in [9.17, 15) is 19.2 Å². The lowest BCUT2D eigenvalue weighted by molar-refractivity contribution is -0.129. The monoisotopic (exact) mass is 535 g/mol. The molecule has 0 bridgehead atoms. The summed E-state index contributed by atoms with van der Waals surface area (Å²) < 4.78 is 9.35. The number of rotatable bonds is 12. The minimum absolute atomic E-state index is 0.493. The number of aryl methyl sites for hydroxylation is 1. The van der Waals surface area contributed by atoms with Crippen LogP contribution in [0.4, 0.5) is 9.59 Å². The molecule has 1 aromatic carbocycles. The SMILES string of the molecule is COC(=O)N[C@H](C(=O)NC(NCCCCc1ccccc1)NC(=O)[C@@H](NC(=O)OC)C(C)(C)C)C(C)(C)C. The first-order valence-electron chi connectivity index (χ1n) is 12.8. The normalized spacial score (nSPS) is 13.2. The zero-order valence-corrected chi connectivity index (χ0v) is 23.9. The predicted octanol–water partition coefficient (Wildman–Crippen LogP) is 2.66. The number of hydrogen-bond acceptors (Lipinski definition) is 7. The fourth-order valence-corrected chi connectivity index (χ4v) is 3.64. The van der Waals surface area contributed by atoms with Gasteiger partial charge in [-0.15, -0.1) is 0 Å². The standard InChI is InChI=1S/C27H45N5O6/c1-26(2,3)19(29-24(35)37-7)21(33)31-23(28-17-13-12-16-18-14-10-9-11-15-18)32-22(34)20(27(4,5)6)30-25(36)38-8/h9-11,14-15,19-20,23,28H,12-13,16-17H2,1-8H3,(H,29,35)(H,30,36)(H,31,33)(H,32,34)/t19-,20-/m1/s1. The largest absolute Gasteiger partial charge is 0.453 e. The fourth-order valence-electron chi connectivity index (χ4n) is 3.64. The van der Waals surface area contributed by atoms with Gasteiger partial charge in [0.05, 0.1) is 14.2 Å². The molecule has 0 saturated carbocycles. The van der Waals surface area contributed by atoms with Crippen molar-refractivity contribution in [2.24, 2.45) is 10.8 Å². The molecule has 0 unspecified atom stereocenters. The van der Waals surface area contributed by atoms with E-state index in [-0.39, 0.29) is 0 Å². The summed E-state index contributed by atoms with van der Waals surface area (Å²) in [5.41, 5.74) is -0.0688. The van der Waals surface area contributed by atoms with Gasteiger partial charge in [-0.2, -0.15) is 0 Å². The van der Waals surface area contributed by atoms with E-state index in [2.05, 4.69) is 48.2 Å². The number of alkyl carbamates (subject to hydrolysis) is 2. The molecule has 0 aromatic heterocycles. The van der Waals surface area contributed by atoms with Gasteiger partial charge in [-0.3, -0.25) is 14.9 Å². The van der Waals surface area contributed by atoms with Crippen LogP contribution >= 0.6 is 0 Å². The lowest BCUT2D eigenvalue weighted by atomic mass is 9.86. The van der Waals surface area contributed by atoms with E-state index in [0.717, 1.165) is 19.3 Å². The molecule has 0 fully saturated rings. The number of unbranched alkanes of at least 4 members (excludes halogenated alkanes) is 1. The summed E-state index contributed by atoms with van der Waals surface area (Å²) in [7, 11) is 2.43. The van der Waals surface area contributed by atoms with Crippen molar-refractivity contribution in [3.63, 3.8) is 0 Å². The Morgan fingerprint density at radius 3 is 1.55 bits per heavy atom. The van der Waals surface area contributed by atoms with Crippen LogP contribution in [0.3, 0.4) is 0 Å². The minimum atomic E-state index is -0.972. The zero-order chi connectivity index (χ0) is 28.9. The maximum Gasteiger partial charge on any atom is 0.407 e. The molecule has 11 nitrogen and oxygen atoms in total. The lowest BCUT2D eigenvalue weighted by Gasteiger charge is -2.34. The van der Waals surface area contributed by atoms with Crippen LogP contribution in [-0.2, 0) is 25.5 Å². The molecule has 0 aliphatic carbocycles. The smallest absolute Gasteiger partial charge is 0.407 e. The first-order chi connectivity index (χ1) is 17.7. The van der Waals surface area contributed by atoms with Crippen LogP contribution in [0.25, 0.3) is 0 Å². The number of ether oxygens (including phenoxy) is 2. The Balaban J connectivity index is 2.99. The molecule has 214 valence electrons. The molecule has 2 atom stereocenters. The van der Waals surface area contributed by atoms with Gasteiger partial charge in [0.2, 0.25) is 11.8 Å². The van der Waals surface area contributed by atoms with Crippen molar-refractivity contribution in [3.8, 4) is 0 Å². The Kier molecular flexibility index (Phi) is 13.0. The molecule has 0 aliphatic heterocycles. The van der Waals surface area contributed by atoms with Gasteiger partial charge in [0.15, 0.2) is 6.29 Å². The highest BCUT2D eigenvalue weighted by Gasteiger charge is 2.37. The average molecular weight is 536 g/mol. The Morgan fingerprint density at radius 1 is 0.711 bits per heavy atom. The predicted molar refractivity (Wildman–Crippen MR) is 145 cm³/mol. The Morgan fingerprint density at radius 2 is 1.16 bits per heavy atom. The van der Waals surface area contributed by atoms with Gasteiger partial charge in [0, 0.05) is 0 Å². The molecule has 1 rings (SSSR count). The third-order valence-corrected chi connectivity index (χ3v) is 5.81. The number of amides is 4. The van der Waals surface area contributed by atoms with E-state index in [0.29, 0.717) is 6.54 Å². The topological polar surface area (TPSA) is 147 Å². The second-order valence-corrected chi connectivity index (χ2v) is 11.2. The van der Waals surface area contributed by atoms with E-state index >= 15 is 0 Å². The van der Waals surface area contributed by atoms with E-state index in [1.54, 1.807) is 41.5 Å². The van der Waals surface area contributed by atoms with Crippen molar-refractivity contribution in [2.75, 3.05) is 20.8 Å². The van der Waals surface area contributed by atoms with Crippen molar-refractivity contribution in [3.05, 3.63) is 35.9 Å². The van der Waals surface area contributed by atoms with Gasteiger partial charge < -0.3 is 30.7 Å². The van der Waals surface area contributed by atoms with Gasteiger partial charge in [0.25, 0.3) is 0 Å². The van der Waals surface area contributed by atoms with Crippen molar-refractivity contribution in [2.45, 2.75) is 79.2 Å². The first kappa shape index (κ1) is 32.7. The summed E-state index contributed by atoms with van der Waals surface area (Å²) in [4.78, 5) is 50.2. The first-order valence-corrected chi connectivity index (χ1v) is 12.8. The molecule has 5 N–H and O–H groups in total. The molecule has 11 heteroatoms. The summed E-state index contributed by atoms with van der Waals surface area (Å²) in [6, 6.07) is 8.22. The van der Waals surface area contributed by atoms with Gasteiger partial charge in [-0.1, -0.05) is 71.9 Å². The zero-order valence-electron chi connectivity index (χ0n) is 23.9. The number of carbonyl (C=O) groups excluding carboxylic acids is 4. The van der Waals surface area contributed by atoms with Crippen LogP contribution in [0.2, 0.25) is 0 Å². The average Bonchev–Trinajstić information content (AvgIpc) is 2.84. The van der Waals surface area contributed by atoms with E-state index < -0.39 is 53.2 Å². The van der Waals surface area contributed by atoms with E-state index in [1.807, 2.05) is 18.2 Å². The Labute approximate surface area is 226 Å². The summed E-state index contributed by atoms with van der Waals surface area (Å²) in [6.07, 6.45) is 0.114. The third-order valence-electron chi connectivity index (χ3n) is 5.81. The summed E-state index contributed by atoms with van der Waals surface area (Å²) in [5, 5.41) is 13.8. The maximum absolute atomic E-state index is 13.2. The van der Waals surface area contributed by atoms with Gasteiger partial charge in [-0.25, -0.2) is 9.59 Å². The number of hydrogen-bond donors (Lipinski definition) is 5.